The molecule has 0 saturated carbocycles. The number of aromatic nitrogens is 2. The molecule has 0 aliphatic carbocycles. The third kappa shape index (κ3) is 3.80. The smallest absolute Gasteiger partial charge is 0.262 e. The van der Waals surface area contributed by atoms with Gasteiger partial charge in [0, 0.05) is 32.6 Å². The first-order valence-corrected chi connectivity index (χ1v) is 9.09. The molecular weight excluding hydrogens is 372 g/mol. The second-order valence-corrected chi connectivity index (χ2v) is 7.01. The summed E-state index contributed by atoms with van der Waals surface area (Å²) in [4.78, 5) is 29.4. The predicted molar refractivity (Wildman–Crippen MR) is 105 cm³/mol. The zero-order valence-electron chi connectivity index (χ0n) is 14.0. The summed E-state index contributed by atoms with van der Waals surface area (Å²) in [5.74, 6) is -0.0732. The van der Waals surface area contributed by atoms with Crippen molar-refractivity contribution in [2.45, 2.75) is 32.6 Å². The van der Waals surface area contributed by atoms with E-state index in [0.29, 0.717) is 18.5 Å². The largest absolute Gasteiger partial charge is 0.352 e. The molecule has 0 unspecified atom stereocenters. The molecule has 2 N–H and O–H groups in total. The summed E-state index contributed by atoms with van der Waals surface area (Å²) >= 11 is 1.44. The van der Waals surface area contributed by atoms with Crippen molar-refractivity contribution < 1.29 is 4.79 Å². The molecule has 0 bridgehead atoms. The zero-order chi connectivity index (χ0) is 17.2. The van der Waals surface area contributed by atoms with Gasteiger partial charge in [0.1, 0.15) is 4.83 Å². The topological polar surface area (TPSA) is 76.0 Å². The number of hydrogen-bond donors (Lipinski definition) is 2. The fourth-order valence-corrected chi connectivity index (χ4v) is 3.75. The van der Waals surface area contributed by atoms with Crippen molar-refractivity contribution in [1.29, 1.82) is 0 Å². The minimum atomic E-state index is -0.0924. The van der Waals surface area contributed by atoms with Crippen molar-refractivity contribution in [1.82, 2.24) is 20.2 Å². The first kappa shape index (κ1) is 18.6. The number of aryl methyl sites for hydroxylation is 1. The molecular formula is C18H19ClN4O2S. The number of fused-ring (bicyclic) bond motifs is 2. The van der Waals surface area contributed by atoms with Crippen molar-refractivity contribution >= 4 is 39.9 Å². The Morgan fingerprint density at radius 3 is 3.00 bits per heavy atom. The van der Waals surface area contributed by atoms with Gasteiger partial charge in [-0.1, -0.05) is 18.2 Å². The van der Waals surface area contributed by atoms with Gasteiger partial charge in [0.2, 0.25) is 5.91 Å². The molecule has 2 aromatic heterocycles. The number of halogens is 1. The normalized spacial score (nSPS) is 12.6. The second-order valence-electron chi connectivity index (χ2n) is 6.12. The summed E-state index contributed by atoms with van der Waals surface area (Å²) in [7, 11) is 0. The van der Waals surface area contributed by atoms with E-state index < -0.39 is 0 Å². The number of benzene rings is 1. The molecule has 3 heterocycles. The van der Waals surface area contributed by atoms with Gasteiger partial charge in [-0.25, -0.2) is 4.98 Å². The highest BCUT2D eigenvalue weighted by Crippen LogP contribution is 2.17. The Morgan fingerprint density at radius 1 is 1.27 bits per heavy atom. The highest BCUT2D eigenvalue weighted by atomic mass is 35.5. The average molecular weight is 391 g/mol. The minimum Gasteiger partial charge on any atom is -0.352 e. The minimum absolute atomic E-state index is 0. The van der Waals surface area contributed by atoms with Crippen LogP contribution in [0.1, 0.15) is 23.1 Å². The van der Waals surface area contributed by atoms with Crippen molar-refractivity contribution in [2.24, 2.45) is 0 Å². The van der Waals surface area contributed by atoms with Crippen LogP contribution in [-0.2, 0) is 31.0 Å². The summed E-state index contributed by atoms with van der Waals surface area (Å²) in [6, 6.07) is 8.06. The lowest BCUT2D eigenvalue weighted by Gasteiger charge is -2.08. The summed E-state index contributed by atoms with van der Waals surface area (Å²) in [5, 5.41) is 8.69. The standard InChI is InChI=1S/C18H18N4O2S.ClH/c23-16(20-8-12-1-2-13-9-19-10-14(13)7-12)3-5-22-11-21-17-15(18(22)24)4-6-25-17;/h1-2,4,6-7,11,19H,3,5,8-10H2,(H,20,23);1H. The van der Waals surface area contributed by atoms with Crippen LogP contribution in [0.4, 0.5) is 0 Å². The fraction of sp³-hybridized carbons (Fsp3) is 0.278. The Bertz CT molecular complexity index is 998. The van der Waals surface area contributed by atoms with Gasteiger partial charge in [0.25, 0.3) is 5.56 Å². The molecule has 4 rings (SSSR count). The number of carbonyl (C=O) groups is 1. The van der Waals surface area contributed by atoms with E-state index in [1.807, 2.05) is 11.4 Å². The Morgan fingerprint density at radius 2 is 2.12 bits per heavy atom. The predicted octanol–water partition coefficient (Wildman–Crippen LogP) is 2.19. The van der Waals surface area contributed by atoms with Gasteiger partial charge in [-0.2, -0.15) is 0 Å². The Hall–Kier alpha value is -2.22. The maximum Gasteiger partial charge on any atom is 0.262 e. The molecule has 1 aliphatic rings. The van der Waals surface area contributed by atoms with Crippen LogP contribution in [-0.4, -0.2) is 15.5 Å². The molecule has 6 nitrogen and oxygen atoms in total. The Labute approximate surface area is 160 Å². The van der Waals surface area contributed by atoms with Crippen LogP contribution in [0.5, 0.6) is 0 Å². The molecule has 8 heteroatoms. The molecule has 1 amide bonds. The number of carbonyl (C=O) groups excluding carboxylic acids is 1. The average Bonchev–Trinajstić information content (AvgIpc) is 3.28. The molecule has 26 heavy (non-hydrogen) atoms. The van der Waals surface area contributed by atoms with E-state index in [4.69, 9.17) is 0 Å². The zero-order valence-corrected chi connectivity index (χ0v) is 15.7. The van der Waals surface area contributed by atoms with E-state index in [0.717, 1.165) is 23.5 Å². The summed E-state index contributed by atoms with van der Waals surface area (Å²) in [6.07, 6.45) is 1.77. The monoisotopic (exact) mass is 390 g/mol. The van der Waals surface area contributed by atoms with Gasteiger partial charge in [-0.15, -0.1) is 23.7 Å². The van der Waals surface area contributed by atoms with Crippen LogP contribution in [0, 0.1) is 0 Å². The van der Waals surface area contributed by atoms with Gasteiger partial charge in [-0.3, -0.25) is 14.2 Å². The molecule has 136 valence electrons. The Kier molecular flexibility index (Phi) is 5.70. The van der Waals surface area contributed by atoms with Crippen LogP contribution < -0.4 is 16.2 Å². The van der Waals surface area contributed by atoms with E-state index >= 15 is 0 Å². The van der Waals surface area contributed by atoms with Crippen LogP contribution in [0.15, 0.2) is 40.8 Å². The number of rotatable bonds is 5. The van der Waals surface area contributed by atoms with E-state index in [-0.39, 0.29) is 30.3 Å². The molecule has 0 spiro atoms. The highest BCUT2D eigenvalue weighted by Gasteiger charge is 2.11. The van der Waals surface area contributed by atoms with Gasteiger partial charge >= 0.3 is 0 Å². The fourth-order valence-electron chi connectivity index (χ4n) is 3.02. The lowest BCUT2D eigenvalue weighted by molar-refractivity contribution is -0.121. The number of amides is 1. The number of hydrogen-bond acceptors (Lipinski definition) is 5. The van der Waals surface area contributed by atoms with Gasteiger partial charge in [0.15, 0.2) is 0 Å². The van der Waals surface area contributed by atoms with Crippen molar-refractivity contribution in [2.75, 3.05) is 0 Å². The van der Waals surface area contributed by atoms with Crippen LogP contribution in [0.25, 0.3) is 10.2 Å². The summed E-state index contributed by atoms with van der Waals surface area (Å²) in [6.45, 7) is 2.64. The quantitative estimate of drug-likeness (QED) is 0.700. The molecule has 0 saturated heterocycles. The van der Waals surface area contributed by atoms with E-state index in [9.17, 15) is 9.59 Å². The number of nitrogens with zero attached hydrogens (tertiary/aromatic N) is 2. The van der Waals surface area contributed by atoms with E-state index in [2.05, 4.69) is 27.8 Å². The molecule has 1 aliphatic heterocycles. The third-order valence-electron chi connectivity index (χ3n) is 4.42. The third-order valence-corrected chi connectivity index (χ3v) is 5.24. The lowest BCUT2D eigenvalue weighted by Crippen LogP contribution is -2.27. The van der Waals surface area contributed by atoms with E-state index in [1.54, 1.807) is 6.07 Å². The van der Waals surface area contributed by atoms with Gasteiger partial charge in [-0.05, 0) is 28.1 Å². The maximum atomic E-state index is 12.3. The van der Waals surface area contributed by atoms with Crippen LogP contribution in [0.2, 0.25) is 0 Å². The molecule has 1 aromatic carbocycles. The summed E-state index contributed by atoms with van der Waals surface area (Å²) < 4.78 is 1.50. The molecule has 0 radical (unpaired) electrons. The van der Waals surface area contributed by atoms with Gasteiger partial charge < -0.3 is 10.6 Å². The highest BCUT2D eigenvalue weighted by molar-refractivity contribution is 7.16. The lowest BCUT2D eigenvalue weighted by atomic mass is 10.1. The van der Waals surface area contributed by atoms with Gasteiger partial charge in [0.05, 0.1) is 11.7 Å². The number of nitrogens with one attached hydrogen (secondary N) is 2. The SMILES string of the molecule is Cl.O=C(CCn1cnc2sccc2c1=O)NCc1ccc2c(c1)CNC2. The van der Waals surface area contributed by atoms with Crippen LogP contribution in [0.3, 0.4) is 0 Å². The molecule has 0 atom stereocenters. The van der Waals surface area contributed by atoms with Crippen molar-refractivity contribution in [3.8, 4) is 0 Å². The van der Waals surface area contributed by atoms with Crippen molar-refractivity contribution in [3.05, 3.63) is 63.0 Å². The van der Waals surface area contributed by atoms with E-state index in [1.165, 1.54) is 33.4 Å². The first-order chi connectivity index (χ1) is 12.2. The van der Waals surface area contributed by atoms with Crippen molar-refractivity contribution in [3.63, 3.8) is 0 Å². The molecule has 3 aromatic rings. The Balaban J connectivity index is 0.00000196. The second kappa shape index (κ2) is 7.99. The van der Waals surface area contributed by atoms with Crippen LogP contribution >= 0.6 is 23.7 Å². The summed E-state index contributed by atoms with van der Waals surface area (Å²) in [5.41, 5.74) is 3.62. The first-order valence-electron chi connectivity index (χ1n) is 8.21. The molecule has 0 fully saturated rings. The number of thiophene rings is 1. The maximum absolute atomic E-state index is 12.3.